The van der Waals surface area contributed by atoms with E-state index in [1.807, 2.05) is 6.92 Å². The number of nitrogens with zero attached hydrogens (tertiary/aromatic N) is 1. The minimum atomic E-state index is -1.17. The molecule has 0 aromatic heterocycles. The molecule has 0 saturated carbocycles. The van der Waals surface area contributed by atoms with Gasteiger partial charge in [-0.05, 0) is 6.42 Å². The van der Waals surface area contributed by atoms with Crippen molar-refractivity contribution in [2.45, 2.75) is 25.8 Å². The molecule has 0 aromatic rings. The molecule has 6 heteroatoms. The number of carbonyl (C=O) groups excluding carboxylic acids is 1. The molecule has 17 heavy (non-hydrogen) atoms. The number of amides is 2. The molecule has 1 unspecified atom stereocenters. The maximum atomic E-state index is 11.7. The van der Waals surface area contributed by atoms with Crippen molar-refractivity contribution in [3.05, 3.63) is 0 Å². The third-order valence-electron chi connectivity index (χ3n) is 2.07. The minimum absolute atomic E-state index is 0.0693. The van der Waals surface area contributed by atoms with Crippen molar-refractivity contribution in [1.29, 1.82) is 0 Å². The van der Waals surface area contributed by atoms with Crippen LogP contribution in [-0.2, 0) is 4.79 Å². The van der Waals surface area contributed by atoms with Crippen LogP contribution in [0.25, 0.3) is 0 Å². The Morgan fingerprint density at radius 1 is 1.47 bits per heavy atom. The molecule has 0 bridgehead atoms. The molecule has 0 radical (unpaired) electrons. The molecule has 0 aliphatic heterocycles. The molecule has 0 aliphatic carbocycles. The van der Waals surface area contributed by atoms with Gasteiger partial charge in [0.2, 0.25) is 0 Å². The Hall–Kier alpha value is -1.74. The van der Waals surface area contributed by atoms with E-state index in [1.165, 1.54) is 4.90 Å². The van der Waals surface area contributed by atoms with E-state index in [9.17, 15) is 9.59 Å². The third kappa shape index (κ3) is 5.78. The maximum Gasteiger partial charge on any atom is 0.327 e. The fourth-order valence-electron chi connectivity index (χ4n) is 1.26. The average Bonchev–Trinajstić information content (AvgIpc) is 2.28. The van der Waals surface area contributed by atoms with Crippen LogP contribution < -0.4 is 5.32 Å². The number of aliphatic carboxylic acids is 1. The highest BCUT2D eigenvalue weighted by Gasteiger charge is 2.21. The number of nitrogens with one attached hydrogen (secondary N) is 1. The second kappa shape index (κ2) is 8.42. The van der Waals surface area contributed by atoms with Crippen LogP contribution >= 0.6 is 0 Å². The molecular formula is C11H18N2O4. The van der Waals surface area contributed by atoms with E-state index < -0.39 is 18.0 Å². The van der Waals surface area contributed by atoms with Crippen LogP contribution in [0, 0.1) is 12.3 Å². The predicted octanol–water partition coefficient (Wildman–Crippen LogP) is -0.123. The van der Waals surface area contributed by atoms with Crippen LogP contribution in [0.2, 0.25) is 0 Å². The number of carbonyl (C=O) groups is 2. The maximum absolute atomic E-state index is 11.7. The summed E-state index contributed by atoms with van der Waals surface area (Å²) in [5, 5.41) is 19.9. The van der Waals surface area contributed by atoms with Gasteiger partial charge in [-0.2, -0.15) is 0 Å². The summed E-state index contributed by atoms with van der Waals surface area (Å²) in [5.41, 5.74) is 0. The largest absolute Gasteiger partial charge is 0.480 e. The average molecular weight is 242 g/mol. The number of carboxylic acids is 1. The Kier molecular flexibility index (Phi) is 7.55. The second-order valence-corrected chi connectivity index (χ2v) is 3.46. The van der Waals surface area contributed by atoms with Crippen LogP contribution in [0.3, 0.4) is 0 Å². The molecule has 6 nitrogen and oxygen atoms in total. The van der Waals surface area contributed by atoms with Gasteiger partial charge in [0.1, 0.15) is 6.04 Å². The number of rotatable bonds is 7. The zero-order valence-electron chi connectivity index (χ0n) is 9.85. The van der Waals surface area contributed by atoms with E-state index in [4.69, 9.17) is 16.6 Å². The van der Waals surface area contributed by atoms with Gasteiger partial charge in [0.15, 0.2) is 0 Å². The first-order chi connectivity index (χ1) is 8.06. The molecule has 3 N–H and O–H groups in total. The fourth-order valence-corrected chi connectivity index (χ4v) is 1.26. The number of aliphatic hydroxyl groups is 1. The summed E-state index contributed by atoms with van der Waals surface area (Å²) in [7, 11) is 0. The topological polar surface area (TPSA) is 89.9 Å². The number of hydrogen-bond acceptors (Lipinski definition) is 3. The van der Waals surface area contributed by atoms with Crippen LogP contribution in [0.15, 0.2) is 0 Å². The third-order valence-corrected chi connectivity index (χ3v) is 2.07. The summed E-state index contributed by atoms with van der Waals surface area (Å²) < 4.78 is 0. The van der Waals surface area contributed by atoms with Crippen LogP contribution in [0.4, 0.5) is 4.79 Å². The number of aliphatic hydroxyl groups excluding tert-OH is 1. The van der Waals surface area contributed by atoms with E-state index in [1.54, 1.807) is 0 Å². The van der Waals surface area contributed by atoms with Gasteiger partial charge in [-0.25, -0.2) is 9.59 Å². The molecule has 0 saturated heterocycles. The van der Waals surface area contributed by atoms with Gasteiger partial charge in [0.25, 0.3) is 0 Å². The van der Waals surface area contributed by atoms with Crippen LogP contribution in [0.5, 0.6) is 0 Å². The summed E-state index contributed by atoms with van der Waals surface area (Å²) >= 11 is 0. The van der Waals surface area contributed by atoms with Gasteiger partial charge in [-0.3, -0.25) is 0 Å². The van der Waals surface area contributed by atoms with Gasteiger partial charge in [-0.1, -0.05) is 6.92 Å². The highest BCUT2D eigenvalue weighted by molar-refractivity contribution is 5.82. The zero-order chi connectivity index (χ0) is 13.3. The Morgan fingerprint density at radius 2 is 2.12 bits per heavy atom. The van der Waals surface area contributed by atoms with Crippen molar-refractivity contribution in [3.63, 3.8) is 0 Å². The molecule has 0 rings (SSSR count). The van der Waals surface area contributed by atoms with E-state index in [2.05, 4.69) is 11.2 Å². The zero-order valence-corrected chi connectivity index (χ0v) is 9.85. The Bertz CT molecular complexity index is 292. The first-order valence-corrected chi connectivity index (χ1v) is 5.39. The van der Waals surface area contributed by atoms with Gasteiger partial charge >= 0.3 is 12.0 Å². The molecule has 0 fully saturated rings. The van der Waals surface area contributed by atoms with Crippen molar-refractivity contribution in [1.82, 2.24) is 10.2 Å². The lowest BCUT2D eigenvalue weighted by Crippen LogP contribution is -2.48. The van der Waals surface area contributed by atoms with Crippen molar-refractivity contribution in [2.24, 2.45) is 0 Å². The standard InChI is InChI=1S/C11H18N2O4/c1-3-5-9(10(15)16)12-11(17)13(6-4-2)7-8-14/h1,9,14H,4-8H2,2H3,(H,12,17)(H,15,16). The number of terminal acetylenes is 1. The molecule has 0 aromatic carbocycles. The first-order valence-electron chi connectivity index (χ1n) is 5.39. The van der Waals surface area contributed by atoms with Crippen molar-refractivity contribution in [3.8, 4) is 12.3 Å². The van der Waals surface area contributed by atoms with Crippen molar-refractivity contribution in [2.75, 3.05) is 19.7 Å². The van der Waals surface area contributed by atoms with E-state index >= 15 is 0 Å². The molecule has 0 heterocycles. The van der Waals surface area contributed by atoms with Gasteiger partial charge < -0.3 is 20.4 Å². The molecule has 1 atom stereocenters. The van der Waals surface area contributed by atoms with E-state index in [-0.39, 0.29) is 19.6 Å². The smallest absolute Gasteiger partial charge is 0.327 e. The predicted molar refractivity (Wildman–Crippen MR) is 62.4 cm³/mol. The van der Waals surface area contributed by atoms with Gasteiger partial charge in [0.05, 0.1) is 6.61 Å². The second-order valence-electron chi connectivity index (χ2n) is 3.46. The number of hydrogen-bond donors (Lipinski definition) is 3. The molecule has 96 valence electrons. The number of carboxylic acid groups (broad SMARTS) is 1. The molecular weight excluding hydrogens is 224 g/mol. The first kappa shape index (κ1) is 15.3. The van der Waals surface area contributed by atoms with E-state index in [0.29, 0.717) is 6.54 Å². The van der Waals surface area contributed by atoms with Crippen molar-refractivity contribution < 1.29 is 19.8 Å². The lowest BCUT2D eigenvalue weighted by molar-refractivity contribution is -0.139. The highest BCUT2D eigenvalue weighted by Crippen LogP contribution is 1.97. The summed E-state index contributed by atoms with van der Waals surface area (Å²) in [5.74, 6) is 1.02. The lowest BCUT2D eigenvalue weighted by atomic mass is 10.2. The Morgan fingerprint density at radius 3 is 2.53 bits per heavy atom. The summed E-state index contributed by atoms with van der Waals surface area (Å²) in [4.78, 5) is 23.8. The van der Waals surface area contributed by atoms with Gasteiger partial charge in [0, 0.05) is 19.5 Å². The summed E-state index contributed by atoms with van der Waals surface area (Å²) in [6, 6.07) is -1.62. The van der Waals surface area contributed by atoms with E-state index in [0.717, 1.165) is 6.42 Å². The molecule has 2 amide bonds. The quantitative estimate of drug-likeness (QED) is 0.543. The normalized spacial score (nSPS) is 11.4. The fraction of sp³-hybridized carbons (Fsp3) is 0.636. The summed E-state index contributed by atoms with van der Waals surface area (Å²) in [6.07, 6.45) is 5.67. The van der Waals surface area contributed by atoms with Crippen molar-refractivity contribution >= 4 is 12.0 Å². The minimum Gasteiger partial charge on any atom is -0.480 e. The van der Waals surface area contributed by atoms with Gasteiger partial charge in [-0.15, -0.1) is 12.3 Å². The highest BCUT2D eigenvalue weighted by atomic mass is 16.4. The Labute approximate surface area is 101 Å². The lowest BCUT2D eigenvalue weighted by Gasteiger charge is -2.23. The summed E-state index contributed by atoms with van der Waals surface area (Å²) in [6.45, 7) is 2.34. The number of urea groups is 1. The Balaban J connectivity index is 4.45. The van der Waals surface area contributed by atoms with Crippen LogP contribution in [0.1, 0.15) is 19.8 Å². The molecule has 0 aliphatic rings. The monoisotopic (exact) mass is 242 g/mol. The molecule has 0 spiro atoms. The SMILES string of the molecule is C#CCC(NC(=O)N(CCC)CCO)C(=O)O. The van der Waals surface area contributed by atoms with Crippen LogP contribution in [-0.4, -0.2) is 52.9 Å².